The minimum atomic E-state index is 0.573. The Morgan fingerprint density at radius 1 is 1.44 bits per heavy atom. The molecule has 0 unspecified atom stereocenters. The van der Waals surface area contributed by atoms with Crippen LogP contribution >= 0.6 is 15.9 Å². The van der Waals surface area contributed by atoms with E-state index in [-0.39, 0.29) is 0 Å². The second-order valence-electron chi connectivity index (χ2n) is 4.48. The van der Waals surface area contributed by atoms with Gasteiger partial charge in [-0.05, 0) is 24.6 Å². The lowest BCUT2D eigenvalue weighted by molar-refractivity contribution is 0.110. The number of hydrogen-bond donors (Lipinski definition) is 2. The van der Waals surface area contributed by atoms with E-state index in [9.17, 15) is 0 Å². The summed E-state index contributed by atoms with van der Waals surface area (Å²) in [5, 5.41) is 1.04. The number of hydrazine groups is 1. The van der Waals surface area contributed by atoms with Gasteiger partial charge in [0.25, 0.3) is 0 Å². The first-order chi connectivity index (χ1) is 8.70. The van der Waals surface area contributed by atoms with Crippen molar-refractivity contribution in [2.24, 2.45) is 5.84 Å². The van der Waals surface area contributed by atoms with Gasteiger partial charge in [0.15, 0.2) is 0 Å². The number of pyridine rings is 1. The van der Waals surface area contributed by atoms with Crippen LogP contribution in [0.15, 0.2) is 16.6 Å². The Kier molecular flexibility index (Phi) is 2.97. The zero-order valence-corrected chi connectivity index (χ0v) is 11.7. The van der Waals surface area contributed by atoms with Crippen LogP contribution in [0.25, 0.3) is 10.9 Å². The van der Waals surface area contributed by atoms with Crippen molar-refractivity contribution in [2.75, 3.05) is 12.0 Å². The van der Waals surface area contributed by atoms with Crippen LogP contribution in [0, 0.1) is 6.92 Å². The second kappa shape index (κ2) is 4.50. The van der Waals surface area contributed by atoms with Crippen molar-refractivity contribution in [1.29, 1.82) is 0 Å². The summed E-state index contributed by atoms with van der Waals surface area (Å²) in [5.74, 6) is 5.69. The number of nitrogens with one attached hydrogen (secondary N) is 1. The predicted octanol–water partition coefficient (Wildman–Crippen LogP) is 2.66. The zero-order chi connectivity index (χ0) is 12.7. The van der Waals surface area contributed by atoms with Crippen LogP contribution in [0.5, 0.6) is 0 Å². The van der Waals surface area contributed by atoms with Crippen molar-refractivity contribution in [3.63, 3.8) is 0 Å². The van der Waals surface area contributed by atoms with Crippen molar-refractivity contribution >= 4 is 32.5 Å². The summed E-state index contributed by atoms with van der Waals surface area (Å²) >= 11 is 3.52. The number of rotatable bonds is 1. The van der Waals surface area contributed by atoms with Gasteiger partial charge in [-0.25, -0.2) is 0 Å². The minimum absolute atomic E-state index is 0.573. The molecular formula is C13H14BrN3O. The van der Waals surface area contributed by atoms with Gasteiger partial charge in [-0.1, -0.05) is 15.9 Å². The number of ether oxygens (including phenoxy) is 1. The SMILES string of the molecule is Cc1cc(Br)cc2c(NN)c3c(nc12)CCOC3. The number of halogens is 1. The zero-order valence-electron chi connectivity index (χ0n) is 10.1. The lowest BCUT2D eigenvalue weighted by Crippen LogP contribution is -2.18. The summed E-state index contributed by atoms with van der Waals surface area (Å²) in [7, 11) is 0. The third kappa shape index (κ3) is 1.79. The number of nitrogens with two attached hydrogens (primary N) is 1. The van der Waals surface area contributed by atoms with Crippen LogP contribution in [0.2, 0.25) is 0 Å². The lowest BCUT2D eigenvalue weighted by atomic mass is 10.0. The summed E-state index contributed by atoms with van der Waals surface area (Å²) in [6.07, 6.45) is 0.843. The fourth-order valence-electron chi connectivity index (χ4n) is 2.45. The van der Waals surface area contributed by atoms with Crippen LogP contribution in [0.3, 0.4) is 0 Å². The number of anilines is 1. The first-order valence-electron chi connectivity index (χ1n) is 5.86. The number of fused-ring (bicyclic) bond motifs is 2. The van der Waals surface area contributed by atoms with E-state index in [2.05, 4.69) is 34.3 Å². The van der Waals surface area contributed by atoms with Crippen molar-refractivity contribution in [1.82, 2.24) is 4.98 Å². The Hall–Kier alpha value is -1.17. The van der Waals surface area contributed by atoms with Crippen molar-refractivity contribution in [3.05, 3.63) is 33.4 Å². The highest BCUT2D eigenvalue weighted by molar-refractivity contribution is 9.10. The normalized spacial score (nSPS) is 14.6. The Balaban J connectivity index is 2.40. The number of hydrogen-bond acceptors (Lipinski definition) is 4. The molecule has 0 atom stereocenters. The summed E-state index contributed by atoms with van der Waals surface area (Å²) in [5.41, 5.74) is 8.06. The standard InChI is InChI=1S/C13H14BrN3O/c1-7-4-8(14)5-9-12(7)16-11-2-3-18-6-10(11)13(9)17-15/h4-5H,2-3,6,15H2,1H3,(H,16,17). The van der Waals surface area contributed by atoms with Gasteiger partial charge in [0.2, 0.25) is 0 Å². The highest BCUT2D eigenvalue weighted by Gasteiger charge is 2.19. The number of nitrogens with zero attached hydrogens (tertiary/aromatic N) is 1. The summed E-state index contributed by atoms with van der Waals surface area (Å²) in [6.45, 7) is 3.36. The van der Waals surface area contributed by atoms with E-state index in [1.165, 1.54) is 0 Å². The van der Waals surface area contributed by atoms with E-state index in [1.54, 1.807) is 0 Å². The Morgan fingerprint density at radius 3 is 3.06 bits per heavy atom. The minimum Gasteiger partial charge on any atom is -0.376 e. The molecule has 0 saturated heterocycles. The van der Waals surface area contributed by atoms with Gasteiger partial charge in [-0.15, -0.1) is 0 Å². The molecule has 0 radical (unpaired) electrons. The molecule has 5 heteroatoms. The van der Waals surface area contributed by atoms with Crippen LogP contribution in [0.1, 0.15) is 16.8 Å². The van der Waals surface area contributed by atoms with Crippen LogP contribution < -0.4 is 11.3 Å². The maximum absolute atomic E-state index is 5.69. The van der Waals surface area contributed by atoms with E-state index in [1.807, 2.05) is 6.07 Å². The molecule has 94 valence electrons. The number of aromatic nitrogens is 1. The molecule has 4 nitrogen and oxygen atoms in total. The van der Waals surface area contributed by atoms with E-state index in [4.69, 9.17) is 15.6 Å². The topological polar surface area (TPSA) is 60.2 Å². The largest absolute Gasteiger partial charge is 0.376 e. The molecule has 3 rings (SSSR count). The molecule has 1 aromatic heterocycles. The monoisotopic (exact) mass is 307 g/mol. The van der Waals surface area contributed by atoms with Gasteiger partial charge >= 0.3 is 0 Å². The van der Waals surface area contributed by atoms with E-state index in [0.717, 1.165) is 50.9 Å². The highest BCUT2D eigenvalue weighted by Crippen LogP contribution is 2.34. The second-order valence-corrected chi connectivity index (χ2v) is 5.39. The van der Waals surface area contributed by atoms with E-state index in [0.29, 0.717) is 6.61 Å². The Labute approximate surface area is 114 Å². The smallest absolute Gasteiger partial charge is 0.0756 e. The van der Waals surface area contributed by atoms with Gasteiger partial charge in [0.05, 0.1) is 30.1 Å². The highest BCUT2D eigenvalue weighted by atomic mass is 79.9. The molecule has 0 bridgehead atoms. The average Bonchev–Trinajstić information content (AvgIpc) is 2.36. The van der Waals surface area contributed by atoms with Gasteiger partial charge in [-0.3, -0.25) is 10.8 Å². The van der Waals surface area contributed by atoms with Gasteiger partial charge in [-0.2, -0.15) is 0 Å². The Bertz CT molecular complexity index is 627. The molecule has 1 aliphatic heterocycles. The maximum atomic E-state index is 5.69. The van der Waals surface area contributed by atoms with Crippen LogP contribution in [-0.2, 0) is 17.8 Å². The molecule has 1 aliphatic rings. The molecule has 1 aromatic carbocycles. The summed E-state index contributed by atoms with van der Waals surface area (Å²) in [6, 6.07) is 4.11. The van der Waals surface area contributed by atoms with E-state index < -0.39 is 0 Å². The number of nitrogen functional groups attached to an aromatic ring is 1. The molecular weight excluding hydrogens is 294 g/mol. The van der Waals surface area contributed by atoms with Crippen LogP contribution in [-0.4, -0.2) is 11.6 Å². The third-order valence-corrected chi connectivity index (χ3v) is 3.76. The van der Waals surface area contributed by atoms with Gasteiger partial charge < -0.3 is 10.2 Å². The van der Waals surface area contributed by atoms with Gasteiger partial charge in [0, 0.05) is 21.8 Å². The predicted molar refractivity (Wildman–Crippen MR) is 75.4 cm³/mol. The lowest BCUT2D eigenvalue weighted by Gasteiger charge is -2.21. The first-order valence-corrected chi connectivity index (χ1v) is 6.66. The van der Waals surface area contributed by atoms with Crippen LogP contribution in [0.4, 0.5) is 5.69 Å². The molecule has 18 heavy (non-hydrogen) atoms. The fraction of sp³-hybridized carbons (Fsp3) is 0.308. The molecule has 2 heterocycles. The molecule has 0 spiro atoms. The maximum Gasteiger partial charge on any atom is 0.0756 e. The van der Waals surface area contributed by atoms with Crippen molar-refractivity contribution < 1.29 is 4.74 Å². The quantitative estimate of drug-likeness (QED) is 0.628. The number of benzene rings is 1. The molecule has 0 aliphatic carbocycles. The Morgan fingerprint density at radius 2 is 2.28 bits per heavy atom. The van der Waals surface area contributed by atoms with Gasteiger partial charge in [0.1, 0.15) is 0 Å². The molecule has 2 aromatic rings. The molecule has 3 N–H and O–H groups in total. The first kappa shape index (κ1) is 11.9. The average molecular weight is 308 g/mol. The third-order valence-electron chi connectivity index (χ3n) is 3.31. The van der Waals surface area contributed by atoms with Crippen molar-refractivity contribution in [2.45, 2.75) is 20.0 Å². The van der Waals surface area contributed by atoms with E-state index >= 15 is 0 Å². The molecule has 0 amide bonds. The van der Waals surface area contributed by atoms with Crippen molar-refractivity contribution in [3.8, 4) is 0 Å². The summed E-state index contributed by atoms with van der Waals surface area (Å²) < 4.78 is 6.53. The number of aryl methyl sites for hydroxylation is 1. The molecule has 0 fully saturated rings. The molecule has 0 saturated carbocycles. The fourth-order valence-corrected chi connectivity index (χ4v) is 3.03. The summed E-state index contributed by atoms with van der Waals surface area (Å²) in [4.78, 5) is 4.77.